The molecule has 0 aliphatic heterocycles. The Balaban J connectivity index is 2.06. The Kier molecular flexibility index (Phi) is 5.25. The lowest BCUT2D eigenvalue weighted by Crippen LogP contribution is -2.43. The summed E-state index contributed by atoms with van der Waals surface area (Å²) in [6.45, 7) is 0.275. The summed E-state index contributed by atoms with van der Waals surface area (Å²) >= 11 is 0. The Morgan fingerprint density at radius 2 is 2.04 bits per heavy atom. The Hall–Kier alpha value is -2.38. The molecule has 2 saturated carbocycles. The first-order chi connectivity index (χ1) is 13.0. The molecule has 0 bridgehead atoms. The van der Waals surface area contributed by atoms with Gasteiger partial charge in [0.2, 0.25) is 0 Å². The van der Waals surface area contributed by atoms with Crippen molar-refractivity contribution in [1.82, 2.24) is 5.32 Å². The van der Waals surface area contributed by atoms with Gasteiger partial charge >= 0.3 is 12.1 Å². The fraction of sp³-hybridized carbons (Fsp3) is 0.500. The summed E-state index contributed by atoms with van der Waals surface area (Å²) in [6.07, 6.45) is -2.91. The minimum Gasteiger partial charge on any atom is -0.481 e. The van der Waals surface area contributed by atoms with Crippen LogP contribution in [-0.4, -0.2) is 29.5 Å². The van der Waals surface area contributed by atoms with E-state index < -0.39 is 29.9 Å². The molecule has 2 aliphatic carbocycles. The molecule has 0 heterocycles. The van der Waals surface area contributed by atoms with E-state index in [1.165, 1.54) is 19.1 Å². The molecule has 1 aromatic carbocycles. The predicted molar refractivity (Wildman–Crippen MR) is 95.8 cm³/mol. The van der Waals surface area contributed by atoms with Crippen LogP contribution in [0.25, 0.3) is 0 Å². The highest BCUT2D eigenvalue weighted by Gasteiger charge is 2.47. The summed E-state index contributed by atoms with van der Waals surface area (Å²) in [5.41, 5.74) is -0.135. The Labute approximate surface area is 160 Å². The topological polar surface area (TPSA) is 73.2 Å². The second-order valence-corrected chi connectivity index (χ2v) is 7.59. The van der Waals surface area contributed by atoms with Gasteiger partial charge in [-0.3, -0.25) is 4.79 Å². The van der Waals surface area contributed by atoms with Gasteiger partial charge in [0.05, 0.1) is 5.41 Å². The maximum absolute atomic E-state index is 14.1. The average molecular weight is 398 g/mol. The van der Waals surface area contributed by atoms with Crippen LogP contribution in [0.2, 0.25) is 0 Å². The van der Waals surface area contributed by atoms with Crippen molar-refractivity contribution < 1.29 is 27.5 Å². The number of carboxylic acids is 1. The lowest BCUT2D eigenvalue weighted by atomic mass is 9.65. The largest absolute Gasteiger partial charge is 0.481 e. The molecule has 3 N–H and O–H groups in total. The fourth-order valence-corrected chi connectivity index (χ4v) is 3.96. The van der Waals surface area contributed by atoms with Crippen LogP contribution < -0.4 is 5.32 Å². The number of rotatable bonds is 5. The van der Waals surface area contributed by atoms with Gasteiger partial charge < -0.3 is 15.8 Å². The van der Waals surface area contributed by atoms with Crippen LogP contribution in [0.3, 0.4) is 0 Å². The molecule has 1 atom stereocenters. The van der Waals surface area contributed by atoms with Gasteiger partial charge in [0, 0.05) is 11.4 Å². The van der Waals surface area contributed by atoms with Crippen LogP contribution in [0.5, 0.6) is 0 Å². The van der Waals surface area contributed by atoms with Gasteiger partial charge in [-0.25, -0.2) is 4.39 Å². The molecule has 0 saturated heterocycles. The number of carbonyl (C=O) groups is 1. The van der Waals surface area contributed by atoms with Crippen LogP contribution >= 0.6 is 0 Å². The average Bonchev–Trinajstić information content (AvgIpc) is 3.43. The van der Waals surface area contributed by atoms with E-state index in [0.29, 0.717) is 29.7 Å². The van der Waals surface area contributed by atoms with Gasteiger partial charge in [-0.2, -0.15) is 13.2 Å². The van der Waals surface area contributed by atoms with Gasteiger partial charge in [-0.1, -0.05) is 12.1 Å². The Morgan fingerprint density at radius 3 is 2.61 bits per heavy atom. The van der Waals surface area contributed by atoms with Crippen LogP contribution in [0.4, 0.5) is 17.6 Å². The second-order valence-electron chi connectivity index (χ2n) is 7.59. The summed E-state index contributed by atoms with van der Waals surface area (Å²) in [6, 6.07) is 4.24. The summed E-state index contributed by atoms with van der Waals surface area (Å²) < 4.78 is 52.3. The number of aliphatic carboxylic acids is 1. The minimum absolute atomic E-state index is 0.103. The highest BCUT2D eigenvalue weighted by molar-refractivity contribution is 6.02. The van der Waals surface area contributed by atoms with E-state index in [0.717, 1.165) is 0 Å². The first kappa shape index (κ1) is 20.4. The number of nitrogens with one attached hydrogen (secondary N) is 2. The lowest BCUT2D eigenvalue weighted by Gasteiger charge is -2.37. The van der Waals surface area contributed by atoms with Crippen molar-refractivity contribution in [1.29, 1.82) is 5.41 Å². The Bertz CT molecular complexity index is 843. The second kappa shape index (κ2) is 7.22. The summed E-state index contributed by atoms with van der Waals surface area (Å²) in [5.74, 6) is -1.80. The number of allylic oxidation sites excluding steroid dienone is 2. The normalized spacial score (nSPS) is 24.8. The predicted octanol–water partition coefficient (Wildman–Crippen LogP) is 4.48. The first-order valence-corrected chi connectivity index (χ1v) is 9.15. The van der Waals surface area contributed by atoms with Crippen molar-refractivity contribution in [3.8, 4) is 0 Å². The number of halogens is 4. The molecule has 0 aromatic heterocycles. The molecule has 8 heteroatoms. The summed E-state index contributed by atoms with van der Waals surface area (Å²) in [5, 5.41) is 20.7. The quantitative estimate of drug-likeness (QED) is 0.641. The van der Waals surface area contributed by atoms with Crippen molar-refractivity contribution >= 4 is 11.7 Å². The van der Waals surface area contributed by atoms with Crippen molar-refractivity contribution in [2.24, 2.45) is 5.92 Å². The third-order valence-electron chi connectivity index (χ3n) is 5.63. The summed E-state index contributed by atoms with van der Waals surface area (Å²) in [7, 11) is 0. The van der Waals surface area contributed by atoms with Gasteiger partial charge in [0.15, 0.2) is 0 Å². The fourth-order valence-electron chi connectivity index (χ4n) is 3.96. The molecule has 152 valence electrons. The van der Waals surface area contributed by atoms with E-state index in [2.05, 4.69) is 5.32 Å². The molecule has 3 rings (SSSR count). The number of alkyl halides is 3. The molecule has 28 heavy (non-hydrogen) atoms. The number of hydrogen-bond donors (Lipinski definition) is 3. The lowest BCUT2D eigenvalue weighted by molar-refractivity contribution is -0.144. The SMILES string of the molecule is Cc1c(F)cccc1C1(C(=O)O)CCC(=N)/C(=C(\NCC(F)(F)F)C2CC2)C1. The van der Waals surface area contributed by atoms with Crippen molar-refractivity contribution in [2.75, 3.05) is 6.54 Å². The standard InChI is InChI=1S/C20H22F4N2O2/c1-11-14(3-2-4-15(11)21)19(18(27)28)8-7-16(25)13(9-19)17(12-5-6-12)26-10-20(22,23)24/h2-4,12,25-26H,5-10H2,1H3,(H,27,28)/b17-13-,25-16?. The summed E-state index contributed by atoms with van der Waals surface area (Å²) in [4.78, 5) is 12.3. The molecule has 0 amide bonds. The van der Waals surface area contributed by atoms with Crippen LogP contribution in [0.1, 0.15) is 43.2 Å². The van der Waals surface area contributed by atoms with E-state index in [1.807, 2.05) is 0 Å². The van der Waals surface area contributed by atoms with E-state index >= 15 is 0 Å². The molecule has 4 nitrogen and oxygen atoms in total. The van der Waals surface area contributed by atoms with Crippen molar-refractivity contribution in [3.05, 3.63) is 46.4 Å². The third-order valence-corrected chi connectivity index (χ3v) is 5.63. The smallest absolute Gasteiger partial charge is 0.405 e. The van der Waals surface area contributed by atoms with Crippen LogP contribution in [0, 0.1) is 24.1 Å². The minimum atomic E-state index is -4.42. The molecular weight excluding hydrogens is 376 g/mol. The van der Waals surface area contributed by atoms with E-state index in [-0.39, 0.29) is 36.5 Å². The molecule has 2 aliphatic rings. The van der Waals surface area contributed by atoms with Crippen molar-refractivity contribution in [3.63, 3.8) is 0 Å². The molecule has 1 unspecified atom stereocenters. The maximum atomic E-state index is 14.1. The van der Waals surface area contributed by atoms with Gasteiger partial charge in [0.25, 0.3) is 0 Å². The van der Waals surface area contributed by atoms with E-state index in [1.54, 1.807) is 6.07 Å². The van der Waals surface area contributed by atoms with Crippen LogP contribution in [-0.2, 0) is 10.2 Å². The molecule has 0 radical (unpaired) electrons. The zero-order valence-corrected chi connectivity index (χ0v) is 15.4. The number of benzene rings is 1. The molecule has 2 fully saturated rings. The third kappa shape index (κ3) is 3.91. The van der Waals surface area contributed by atoms with Gasteiger partial charge in [-0.15, -0.1) is 0 Å². The molecule has 1 aromatic rings. The highest BCUT2D eigenvalue weighted by Crippen LogP contribution is 2.46. The first-order valence-electron chi connectivity index (χ1n) is 9.15. The Morgan fingerprint density at radius 1 is 1.36 bits per heavy atom. The van der Waals surface area contributed by atoms with Crippen molar-refractivity contribution in [2.45, 2.75) is 50.6 Å². The number of hydrogen-bond acceptors (Lipinski definition) is 3. The van der Waals surface area contributed by atoms with E-state index in [9.17, 15) is 27.5 Å². The molecule has 0 spiro atoms. The van der Waals surface area contributed by atoms with Crippen LogP contribution in [0.15, 0.2) is 29.5 Å². The van der Waals surface area contributed by atoms with E-state index in [4.69, 9.17) is 5.41 Å². The maximum Gasteiger partial charge on any atom is 0.405 e. The zero-order chi connectivity index (χ0) is 20.7. The monoisotopic (exact) mass is 398 g/mol. The zero-order valence-electron chi connectivity index (χ0n) is 15.4. The van der Waals surface area contributed by atoms with Gasteiger partial charge in [-0.05, 0) is 67.7 Å². The number of carboxylic acid groups (broad SMARTS) is 1. The molecular formula is C20H22F4N2O2. The van der Waals surface area contributed by atoms with Gasteiger partial charge in [0.1, 0.15) is 12.4 Å². The highest BCUT2D eigenvalue weighted by atomic mass is 19.4.